The number of benzene rings is 2. The number of piperazine rings is 1. The van der Waals surface area contributed by atoms with E-state index in [1.807, 2.05) is 24.8 Å². The molecule has 1 atom stereocenters. The Labute approximate surface area is 177 Å². The number of hydrogen-bond donors (Lipinski definition) is 1. The van der Waals surface area contributed by atoms with E-state index in [9.17, 15) is 9.90 Å². The second kappa shape index (κ2) is 9.61. The zero-order chi connectivity index (χ0) is 21.0. The molecule has 3 rings (SSSR count). The fourth-order valence-electron chi connectivity index (χ4n) is 3.62. The summed E-state index contributed by atoms with van der Waals surface area (Å²) in [5, 5.41) is 11.0. The summed E-state index contributed by atoms with van der Waals surface area (Å²) < 4.78 is 5.93. The molecule has 0 aromatic heterocycles. The molecule has 1 unspecified atom stereocenters. The lowest BCUT2D eigenvalue weighted by atomic mass is 10.1. The number of ether oxygens (including phenoxy) is 1. The van der Waals surface area contributed by atoms with Crippen molar-refractivity contribution in [3.63, 3.8) is 0 Å². The molecule has 1 saturated heterocycles. The highest BCUT2D eigenvalue weighted by atomic mass is 35.5. The van der Waals surface area contributed by atoms with Crippen LogP contribution in [0.2, 0.25) is 5.02 Å². The second-order valence-electron chi connectivity index (χ2n) is 7.72. The summed E-state index contributed by atoms with van der Waals surface area (Å²) in [5.41, 5.74) is 3.99. The molecule has 1 N–H and O–H groups in total. The van der Waals surface area contributed by atoms with Crippen LogP contribution >= 0.6 is 11.6 Å². The topological polar surface area (TPSA) is 53.0 Å². The highest BCUT2D eigenvalue weighted by Crippen LogP contribution is 2.25. The Kier molecular flexibility index (Phi) is 7.17. The molecule has 2 aromatic rings. The lowest BCUT2D eigenvalue weighted by Crippen LogP contribution is -2.51. The van der Waals surface area contributed by atoms with Crippen LogP contribution in [0.4, 0.5) is 0 Å². The van der Waals surface area contributed by atoms with Crippen LogP contribution in [0.1, 0.15) is 27.0 Å². The summed E-state index contributed by atoms with van der Waals surface area (Å²) in [5.74, 6) is 0.863. The first kappa shape index (κ1) is 21.6. The van der Waals surface area contributed by atoms with Gasteiger partial charge >= 0.3 is 0 Å². The second-order valence-corrected chi connectivity index (χ2v) is 8.16. The van der Waals surface area contributed by atoms with E-state index in [0.29, 0.717) is 30.2 Å². The summed E-state index contributed by atoms with van der Waals surface area (Å²) in [6, 6.07) is 11.2. The molecule has 0 radical (unpaired) electrons. The largest absolute Gasteiger partial charge is 0.490 e. The van der Waals surface area contributed by atoms with Crippen molar-refractivity contribution in [3.05, 3.63) is 63.7 Å². The Morgan fingerprint density at radius 1 is 1.10 bits per heavy atom. The average molecular weight is 417 g/mol. The van der Waals surface area contributed by atoms with Crippen LogP contribution in [0.25, 0.3) is 0 Å². The van der Waals surface area contributed by atoms with Gasteiger partial charge in [0, 0.05) is 43.3 Å². The van der Waals surface area contributed by atoms with E-state index in [1.54, 1.807) is 24.3 Å². The van der Waals surface area contributed by atoms with E-state index < -0.39 is 6.10 Å². The number of carbonyl (C=O) groups excluding carboxylic acids is 1. The summed E-state index contributed by atoms with van der Waals surface area (Å²) >= 11 is 5.99. The van der Waals surface area contributed by atoms with Crippen LogP contribution < -0.4 is 4.74 Å². The Balaban J connectivity index is 1.47. The number of aliphatic hydroxyl groups is 1. The minimum atomic E-state index is -0.579. The molecule has 1 aliphatic rings. The van der Waals surface area contributed by atoms with Gasteiger partial charge < -0.3 is 14.7 Å². The molecule has 0 aliphatic carbocycles. The highest BCUT2D eigenvalue weighted by Gasteiger charge is 2.24. The fraction of sp³-hybridized carbons (Fsp3) is 0.435. The molecular formula is C23H29ClN2O3. The lowest BCUT2D eigenvalue weighted by Gasteiger charge is -2.35. The molecule has 6 heteroatoms. The molecule has 1 aliphatic heterocycles. The van der Waals surface area contributed by atoms with Gasteiger partial charge in [-0.25, -0.2) is 0 Å². The molecule has 0 bridgehead atoms. The monoisotopic (exact) mass is 416 g/mol. The molecule has 1 fully saturated rings. The van der Waals surface area contributed by atoms with Gasteiger partial charge in [0.05, 0.1) is 0 Å². The summed E-state index contributed by atoms with van der Waals surface area (Å²) in [6.45, 7) is 9.63. The van der Waals surface area contributed by atoms with Crippen LogP contribution in [-0.4, -0.2) is 66.2 Å². The van der Waals surface area contributed by atoms with Crippen LogP contribution in [0.5, 0.6) is 5.75 Å². The van der Waals surface area contributed by atoms with Crippen molar-refractivity contribution in [2.45, 2.75) is 26.9 Å². The number of rotatable bonds is 6. The highest BCUT2D eigenvalue weighted by molar-refractivity contribution is 6.30. The Bertz CT molecular complexity index is 863. The number of aliphatic hydroxyl groups excluding tert-OH is 1. The van der Waals surface area contributed by atoms with Crippen molar-refractivity contribution in [1.82, 2.24) is 9.80 Å². The van der Waals surface area contributed by atoms with Gasteiger partial charge in [0.1, 0.15) is 18.5 Å². The van der Waals surface area contributed by atoms with Gasteiger partial charge in [-0.2, -0.15) is 0 Å². The quantitative estimate of drug-likeness (QED) is 0.783. The van der Waals surface area contributed by atoms with E-state index in [4.69, 9.17) is 16.3 Å². The smallest absolute Gasteiger partial charge is 0.253 e. The van der Waals surface area contributed by atoms with Crippen molar-refractivity contribution in [1.29, 1.82) is 0 Å². The Hall–Kier alpha value is -2.08. The number of nitrogens with zero attached hydrogens (tertiary/aromatic N) is 2. The predicted molar refractivity (Wildman–Crippen MR) is 116 cm³/mol. The van der Waals surface area contributed by atoms with E-state index in [1.165, 1.54) is 5.56 Å². The van der Waals surface area contributed by atoms with Gasteiger partial charge in [0.15, 0.2) is 0 Å². The first-order valence-electron chi connectivity index (χ1n) is 10.00. The normalized spacial score (nSPS) is 16.0. The lowest BCUT2D eigenvalue weighted by molar-refractivity contribution is 0.0402. The average Bonchev–Trinajstić information content (AvgIpc) is 2.71. The number of carbonyl (C=O) groups is 1. The standard InChI is InChI=1S/C23H29ClN2O3/c1-16-7-8-17(2)22(18(16)3)29-15-21(27)14-25-9-11-26(12-10-25)23(28)19-5-4-6-20(24)13-19/h4-8,13,21,27H,9-12,14-15H2,1-3H3. The fourth-order valence-corrected chi connectivity index (χ4v) is 3.81. The maximum absolute atomic E-state index is 12.6. The first-order valence-corrected chi connectivity index (χ1v) is 10.4. The molecular weight excluding hydrogens is 388 g/mol. The first-order chi connectivity index (χ1) is 13.8. The minimum Gasteiger partial charge on any atom is -0.490 e. The van der Waals surface area contributed by atoms with Crippen molar-refractivity contribution in [3.8, 4) is 5.75 Å². The summed E-state index contributed by atoms with van der Waals surface area (Å²) in [7, 11) is 0. The van der Waals surface area contributed by atoms with Gasteiger partial charge in [0.2, 0.25) is 0 Å². The molecule has 2 aromatic carbocycles. The Morgan fingerprint density at radius 2 is 1.79 bits per heavy atom. The van der Waals surface area contributed by atoms with Gasteiger partial charge in [-0.1, -0.05) is 29.8 Å². The third kappa shape index (κ3) is 5.50. The SMILES string of the molecule is Cc1ccc(C)c(OCC(O)CN2CCN(C(=O)c3cccc(Cl)c3)CC2)c1C. The van der Waals surface area contributed by atoms with E-state index in [-0.39, 0.29) is 12.5 Å². The molecule has 29 heavy (non-hydrogen) atoms. The molecule has 156 valence electrons. The van der Waals surface area contributed by atoms with Gasteiger partial charge in [0.25, 0.3) is 5.91 Å². The third-order valence-electron chi connectivity index (χ3n) is 5.49. The van der Waals surface area contributed by atoms with Gasteiger partial charge in [-0.3, -0.25) is 9.69 Å². The zero-order valence-electron chi connectivity index (χ0n) is 17.3. The maximum atomic E-state index is 12.6. The maximum Gasteiger partial charge on any atom is 0.253 e. The van der Waals surface area contributed by atoms with Crippen molar-refractivity contribution in [2.75, 3.05) is 39.3 Å². The van der Waals surface area contributed by atoms with Crippen LogP contribution in [0, 0.1) is 20.8 Å². The van der Waals surface area contributed by atoms with Crippen LogP contribution in [-0.2, 0) is 0 Å². The predicted octanol–water partition coefficient (Wildman–Crippen LogP) is 3.46. The van der Waals surface area contributed by atoms with Crippen molar-refractivity contribution >= 4 is 17.5 Å². The molecule has 5 nitrogen and oxygen atoms in total. The van der Waals surface area contributed by atoms with Gasteiger partial charge in [-0.15, -0.1) is 0 Å². The number of aryl methyl sites for hydroxylation is 2. The van der Waals surface area contributed by atoms with E-state index in [2.05, 4.69) is 17.9 Å². The molecule has 1 heterocycles. The third-order valence-corrected chi connectivity index (χ3v) is 5.73. The molecule has 0 spiro atoms. The van der Waals surface area contributed by atoms with Gasteiger partial charge in [-0.05, 0) is 55.7 Å². The van der Waals surface area contributed by atoms with E-state index >= 15 is 0 Å². The van der Waals surface area contributed by atoms with Crippen molar-refractivity contribution in [2.24, 2.45) is 0 Å². The van der Waals surface area contributed by atoms with Crippen molar-refractivity contribution < 1.29 is 14.6 Å². The van der Waals surface area contributed by atoms with Crippen LogP contribution in [0.3, 0.4) is 0 Å². The molecule has 0 saturated carbocycles. The molecule has 1 amide bonds. The minimum absolute atomic E-state index is 0.00132. The number of hydrogen-bond acceptors (Lipinski definition) is 4. The van der Waals surface area contributed by atoms with Crippen LogP contribution in [0.15, 0.2) is 36.4 Å². The Morgan fingerprint density at radius 3 is 2.48 bits per heavy atom. The summed E-state index contributed by atoms with van der Waals surface area (Å²) in [6.07, 6.45) is -0.579. The zero-order valence-corrected chi connectivity index (χ0v) is 18.1. The summed E-state index contributed by atoms with van der Waals surface area (Å²) in [4.78, 5) is 16.6. The van der Waals surface area contributed by atoms with E-state index in [0.717, 1.165) is 30.0 Å². The number of β-amino-alcohol motifs (C(OH)–C–C–N with tert-alkyl or cyclic N) is 1. The number of amides is 1. The number of halogens is 1.